The molecular weight excluding hydrogens is 381 g/mol. The van der Waals surface area contributed by atoms with E-state index in [0.717, 1.165) is 11.2 Å². The van der Waals surface area contributed by atoms with Gasteiger partial charge in [-0.05, 0) is 0 Å². The molecule has 1 aromatic rings. The zero-order chi connectivity index (χ0) is 19.8. The van der Waals surface area contributed by atoms with Gasteiger partial charge in [0.15, 0.2) is 6.23 Å². The smallest absolute Gasteiger partial charge is 0.330 e. The summed E-state index contributed by atoms with van der Waals surface area (Å²) >= 11 is 0. The maximum Gasteiger partial charge on any atom is 0.330 e. The number of methoxy groups -OCH3 is 1. The fourth-order valence-electron chi connectivity index (χ4n) is 3.24. The predicted octanol–water partition coefficient (Wildman–Crippen LogP) is -1.64. The van der Waals surface area contributed by atoms with E-state index in [1.807, 2.05) is 0 Å². The summed E-state index contributed by atoms with van der Waals surface area (Å²) in [5.74, 6) is 5.12. The SMILES string of the molecule is COC[C@@]12COC([C@H](n3cc(C#CCN)c(=O)[nH]c3=O)O1)[C@H]2OP(C)(=O)O. The van der Waals surface area contributed by atoms with E-state index in [2.05, 4.69) is 16.8 Å². The Kier molecular flexibility index (Phi) is 5.42. The summed E-state index contributed by atoms with van der Waals surface area (Å²) in [6.45, 7) is 1.17. The van der Waals surface area contributed by atoms with Gasteiger partial charge in [0.1, 0.15) is 23.4 Å². The van der Waals surface area contributed by atoms with Crippen molar-refractivity contribution in [1.29, 1.82) is 0 Å². The maximum atomic E-state index is 12.3. The first kappa shape index (κ1) is 20.0. The van der Waals surface area contributed by atoms with E-state index >= 15 is 0 Å². The number of rotatable bonds is 5. The third-order valence-electron chi connectivity index (χ3n) is 4.24. The second kappa shape index (κ2) is 7.33. The van der Waals surface area contributed by atoms with Crippen LogP contribution < -0.4 is 17.0 Å². The van der Waals surface area contributed by atoms with Gasteiger partial charge >= 0.3 is 13.3 Å². The van der Waals surface area contributed by atoms with Gasteiger partial charge in [0, 0.05) is 20.0 Å². The van der Waals surface area contributed by atoms with Crippen molar-refractivity contribution in [1.82, 2.24) is 9.55 Å². The Morgan fingerprint density at radius 3 is 2.93 bits per heavy atom. The molecule has 3 rings (SSSR count). The van der Waals surface area contributed by atoms with Crippen LogP contribution in [0.2, 0.25) is 0 Å². The Morgan fingerprint density at radius 2 is 2.30 bits per heavy atom. The first-order valence-corrected chi connectivity index (χ1v) is 10.0. The molecule has 2 aliphatic rings. The third kappa shape index (κ3) is 3.79. The van der Waals surface area contributed by atoms with Crippen molar-refractivity contribution in [3.05, 3.63) is 32.6 Å². The number of hydrogen-bond donors (Lipinski definition) is 3. The lowest BCUT2D eigenvalue weighted by molar-refractivity contribution is -0.190. The second-order valence-electron chi connectivity index (χ2n) is 6.33. The highest BCUT2D eigenvalue weighted by Gasteiger charge is 2.64. The van der Waals surface area contributed by atoms with Gasteiger partial charge in [-0.25, -0.2) is 4.79 Å². The van der Waals surface area contributed by atoms with Crippen molar-refractivity contribution < 1.29 is 28.2 Å². The number of fused-ring (bicyclic) bond motifs is 2. The Labute approximate surface area is 153 Å². The molecule has 1 aromatic heterocycles. The molecule has 148 valence electrons. The van der Waals surface area contributed by atoms with Crippen LogP contribution in [-0.2, 0) is 23.3 Å². The molecule has 0 radical (unpaired) electrons. The Balaban J connectivity index is 2.03. The molecule has 4 N–H and O–H groups in total. The number of nitrogens with two attached hydrogens (primary N) is 1. The van der Waals surface area contributed by atoms with Crippen molar-refractivity contribution in [2.24, 2.45) is 5.73 Å². The number of H-pyrrole nitrogens is 1. The number of aromatic amines is 1. The molecule has 5 atom stereocenters. The van der Waals surface area contributed by atoms with E-state index in [9.17, 15) is 19.0 Å². The van der Waals surface area contributed by atoms with Crippen LogP contribution in [0.1, 0.15) is 11.8 Å². The van der Waals surface area contributed by atoms with E-state index in [0.29, 0.717) is 0 Å². The normalized spacial score (nSPS) is 31.3. The van der Waals surface area contributed by atoms with Gasteiger partial charge in [-0.3, -0.25) is 23.4 Å². The fraction of sp³-hybridized carbons (Fsp3) is 0.600. The van der Waals surface area contributed by atoms with E-state index in [1.165, 1.54) is 13.3 Å². The number of aromatic nitrogens is 2. The van der Waals surface area contributed by atoms with Gasteiger partial charge in [-0.2, -0.15) is 0 Å². The van der Waals surface area contributed by atoms with Crippen LogP contribution >= 0.6 is 7.60 Å². The molecule has 2 aliphatic heterocycles. The van der Waals surface area contributed by atoms with E-state index in [1.54, 1.807) is 0 Å². The highest BCUT2D eigenvalue weighted by molar-refractivity contribution is 7.51. The number of nitrogens with zero attached hydrogens (tertiary/aromatic N) is 1. The van der Waals surface area contributed by atoms with Crippen LogP contribution in [0.5, 0.6) is 0 Å². The van der Waals surface area contributed by atoms with Gasteiger partial charge in [0.05, 0.1) is 19.8 Å². The minimum Gasteiger partial charge on any atom is -0.381 e. The lowest BCUT2D eigenvalue weighted by Gasteiger charge is -2.31. The fourth-order valence-corrected chi connectivity index (χ4v) is 3.97. The minimum atomic E-state index is -3.87. The quantitative estimate of drug-likeness (QED) is 0.389. The van der Waals surface area contributed by atoms with Crippen LogP contribution in [0.15, 0.2) is 15.8 Å². The molecule has 0 amide bonds. The van der Waals surface area contributed by atoms with Crippen molar-refractivity contribution in [3.63, 3.8) is 0 Å². The van der Waals surface area contributed by atoms with E-state index in [-0.39, 0.29) is 25.3 Å². The van der Waals surface area contributed by atoms with Crippen LogP contribution in [0.3, 0.4) is 0 Å². The number of ether oxygens (including phenoxy) is 3. The number of hydrogen-bond acceptors (Lipinski definition) is 8. The third-order valence-corrected chi connectivity index (χ3v) is 4.86. The first-order valence-electron chi connectivity index (χ1n) is 8.02. The van der Waals surface area contributed by atoms with Gasteiger partial charge in [-0.15, -0.1) is 0 Å². The highest BCUT2D eigenvalue weighted by atomic mass is 31.2. The van der Waals surface area contributed by atoms with Crippen LogP contribution in [0.4, 0.5) is 0 Å². The van der Waals surface area contributed by atoms with Gasteiger partial charge in [0.2, 0.25) is 0 Å². The van der Waals surface area contributed by atoms with Crippen LogP contribution in [0, 0.1) is 11.8 Å². The molecule has 0 aromatic carbocycles. The van der Waals surface area contributed by atoms with Crippen molar-refractivity contribution >= 4 is 7.60 Å². The molecule has 2 unspecified atom stereocenters. The molecule has 27 heavy (non-hydrogen) atoms. The second-order valence-corrected chi connectivity index (χ2v) is 8.14. The Bertz CT molecular complexity index is 941. The zero-order valence-electron chi connectivity index (χ0n) is 14.7. The molecule has 0 aliphatic carbocycles. The van der Waals surface area contributed by atoms with Gasteiger partial charge < -0.3 is 24.8 Å². The Morgan fingerprint density at radius 1 is 1.56 bits per heavy atom. The molecule has 3 heterocycles. The summed E-state index contributed by atoms with van der Waals surface area (Å²) < 4.78 is 35.0. The summed E-state index contributed by atoms with van der Waals surface area (Å²) in [6, 6.07) is 0. The molecule has 12 heteroatoms. The summed E-state index contributed by atoms with van der Waals surface area (Å²) in [7, 11) is -2.44. The molecule has 2 fully saturated rings. The van der Waals surface area contributed by atoms with Crippen LogP contribution in [-0.4, -0.2) is 65.8 Å². The number of nitrogens with one attached hydrogen (secondary N) is 1. The molecule has 2 saturated heterocycles. The van der Waals surface area contributed by atoms with Crippen LogP contribution in [0.25, 0.3) is 0 Å². The van der Waals surface area contributed by atoms with Crippen molar-refractivity contribution in [2.45, 2.75) is 24.0 Å². The lowest BCUT2D eigenvalue weighted by atomic mass is 10.0. The van der Waals surface area contributed by atoms with E-state index in [4.69, 9.17) is 24.5 Å². The monoisotopic (exact) mass is 401 g/mol. The topological polar surface area (TPSA) is 155 Å². The standard InChI is InChI=1S/C15H20N3O8P/c1-23-7-15-8-24-10(11(15)26-27(2,21)22)13(25-15)18-6-9(4-3-5-16)12(19)17-14(18)20/h6,10-11,13H,5,7-8,16H2,1-2H3,(H,21,22)(H,17,19,20)/t10?,11-,13-,15+/m1/s1. The maximum absolute atomic E-state index is 12.3. The van der Waals surface area contributed by atoms with Gasteiger partial charge in [-0.1, -0.05) is 11.8 Å². The summed E-state index contributed by atoms with van der Waals surface area (Å²) in [6.07, 6.45) is -1.57. The minimum absolute atomic E-state index is 0.0165. The predicted molar refractivity (Wildman–Crippen MR) is 92.3 cm³/mol. The molecular formula is C15H20N3O8P. The molecule has 0 spiro atoms. The van der Waals surface area contributed by atoms with E-state index < -0.39 is 42.9 Å². The largest absolute Gasteiger partial charge is 0.381 e. The first-order chi connectivity index (χ1) is 12.7. The average molecular weight is 401 g/mol. The van der Waals surface area contributed by atoms with Crippen molar-refractivity contribution in [3.8, 4) is 11.8 Å². The average Bonchev–Trinajstić information content (AvgIpc) is 3.04. The summed E-state index contributed by atoms with van der Waals surface area (Å²) in [5.41, 5.74) is 2.77. The summed E-state index contributed by atoms with van der Waals surface area (Å²) in [5, 5.41) is 0. The molecule has 0 saturated carbocycles. The summed E-state index contributed by atoms with van der Waals surface area (Å²) in [4.78, 5) is 36.0. The highest BCUT2D eigenvalue weighted by Crippen LogP contribution is 2.52. The Hall–Kier alpha value is -1.77. The lowest BCUT2D eigenvalue weighted by Crippen LogP contribution is -2.46. The van der Waals surface area contributed by atoms with Crippen molar-refractivity contribution in [2.75, 3.05) is 33.5 Å². The molecule has 2 bridgehead atoms. The van der Waals surface area contributed by atoms with Gasteiger partial charge in [0.25, 0.3) is 5.56 Å². The zero-order valence-corrected chi connectivity index (χ0v) is 15.6. The molecule has 11 nitrogen and oxygen atoms in total.